The largest absolute Gasteiger partial charge is 0.495 e. The number of hydrogen-bond acceptors (Lipinski definition) is 4. The maximum Gasteiger partial charge on any atom is 0.248 e. The Kier molecular flexibility index (Phi) is 6.96. The number of nitrogens with zero attached hydrogens (tertiary/aromatic N) is 1. The van der Waals surface area contributed by atoms with Gasteiger partial charge in [-0.2, -0.15) is 0 Å². The van der Waals surface area contributed by atoms with Crippen LogP contribution in [0.2, 0.25) is 5.02 Å². The lowest BCUT2D eigenvalue weighted by atomic mass is 10.1. The molecule has 0 saturated carbocycles. The topological polar surface area (TPSA) is 75.7 Å². The number of sulfonamides is 1. The van der Waals surface area contributed by atoms with Gasteiger partial charge in [-0.25, -0.2) is 8.42 Å². The molecule has 152 valence electrons. The summed E-state index contributed by atoms with van der Waals surface area (Å²) in [5, 5.41) is 3.12. The van der Waals surface area contributed by atoms with Gasteiger partial charge in [-0.15, -0.1) is 0 Å². The fourth-order valence-corrected chi connectivity index (χ4v) is 4.39. The Hall–Kier alpha value is -2.25. The molecule has 0 aliphatic carbocycles. The van der Waals surface area contributed by atoms with Gasteiger partial charge in [0.15, 0.2) is 0 Å². The molecule has 1 N–H and O–H groups in total. The summed E-state index contributed by atoms with van der Waals surface area (Å²) in [4.78, 5) is 13.0. The molecular weight excluding hydrogens is 400 g/mol. The molecule has 28 heavy (non-hydrogen) atoms. The van der Waals surface area contributed by atoms with Crippen molar-refractivity contribution in [3.8, 4) is 5.75 Å². The van der Waals surface area contributed by atoms with Crippen LogP contribution in [0.5, 0.6) is 5.75 Å². The van der Waals surface area contributed by atoms with Crippen molar-refractivity contribution < 1.29 is 17.9 Å². The summed E-state index contributed by atoms with van der Waals surface area (Å²) in [5.74, 6) is 0.0142. The number of aryl methyl sites for hydroxylation is 2. The highest BCUT2D eigenvalue weighted by Gasteiger charge is 2.32. The molecule has 0 aliphatic rings. The Bertz CT molecular complexity index is 976. The van der Waals surface area contributed by atoms with Crippen molar-refractivity contribution in [3.63, 3.8) is 0 Å². The molecule has 2 aromatic rings. The first kappa shape index (κ1) is 22.0. The smallest absolute Gasteiger partial charge is 0.248 e. The van der Waals surface area contributed by atoms with Crippen LogP contribution in [0.4, 0.5) is 11.4 Å². The van der Waals surface area contributed by atoms with Crippen LogP contribution in [-0.2, 0) is 14.8 Å². The van der Waals surface area contributed by atoms with Gasteiger partial charge in [0.2, 0.25) is 15.9 Å². The van der Waals surface area contributed by atoms with E-state index in [4.69, 9.17) is 16.3 Å². The minimum absolute atomic E-state index is 0.262. The third-order valence-electron chi connectivity index (χ3n) is 4.37. The Morgan fingerprint density at radius 2 is 1.89 bits per heavy atom. The maximum absolute atomic E-state index is 13.0. The highest BCUT2D eigenvalue weighted by Crippen LogP contribution is 2.32. The summed E-state index contributed by atoms with van der Waals surface area (Å²) < 4.78 is 31.3. The van der Waals surface area contributed by atoms with Gasteiger partial charge in [-0.3, -0.25) is 9.10 Å². The first-order valence-electron chi connectivity index (χ1n) is 8.79. The monoisotopic (exact) mass is 424 g/mol. The number of rotatable bonds is 7. The molecule has 0 heterocycles. The first-order chi connectivity index (χ1) is 13.1. The molecule has 0 aliphatic heterocycles. The fourth-order valence-electron chi connectivity index (χ4n) is 2.94. The molecule has 8 heteroatoms. The van der Waals surface area contributed by atoms with Crippen LogP contribution in [0.15, 0.2) is 36.4 Å². The molecule has 0 bridgehead atoms. The SMILES string of the molecule is CC[C@@H](C(=O)Nc1cc(C)ccc1C)N(c1ccc(OC)c(Cl)c1)S(C)(=O)=O. The van der Waals surface area contributed by atoms with Crippen molar-refractivity contribution in [1.29, 1.82) is 0 Å². The average Bonchev–Trinajstić information content (AvgIpc) is 2.61. The minimum atomic E-state index is -3.75. The quantitative estimate of drug-likeness (QED) is 0.724. The van der Waals surface area contributed by atoms with Gasteiger partial charge in [0, 0.05) is 5.69 Å². The molecule has 1 atom stereocenters. The fraction of sp³-hybridized carbons (Fsp3) is 0.350. The Labute approximate surface area is 171 Å². The standard InChI is InChI=1S/C20H25ClN2O4S/c1-6-18(20(24)22-17-11-13(2)7-8-14(17)3)23(28(5,25)26)15-9-10-19(27-4)16(21)12-15/h7-12,18H,6H2,1-5H3,(H,22,24)/t18-/m0/s1. The molecule has 0 saturated heterocycles. The van der Waals surface area contributed by atoms with E-state index in [9.17, 15) is 13.2 Å². The zero-order valence-corrected chi connectivity index (χ0v) is 18.2. The van der Waals surface area contributed by atoms with E-state index >= 15 is 0 Å². The normalized spacial score (nSPS) is 12.4. The third-order valence-corrected chi connectivity index (χ3v) is 5.85. The second-order valence-corrected chi connectivity index (χ2v) is 8.88. The van der Waals surface area contributed by atoms with Crippen LogP contribution in [0, 0.1) is 13.8 Å². The lowest BCUT2D eigenvalue weighted by Gasteiger charge is -2.30. The Balaban J connectivity index is 2.44. The molecule has 6 nitrogen and oxygen atoms in total. The molecular formula is C20H25ClN2O4S. The van der Waals surface area contributed by atoms with Crippen molar-refractivity contribution >= 4 is 38.9 Å². The Morgan fingerprint density at radius 1 is 1.21 bits per heavy atom. The molecule has 0 aromatic heterocycles. The summed E-state index contributed by atoms with van der Waals surface area (Å²) in [6.45, 7) is 5.57. The van der Waals surface area contributed by atoms with E-state index in [2.05, 4.69) is 5.32 Å². The van der Waals surface area contributed by atoms with Crippen molar-refractivity contribution in [2.45, 2.75) is 33.2 Å². The Morgan fingerprint density at radius 3 is 2.43 bits per heavy atom. The van der Waals surface area contributed by atoms with Gasteiger partial charge < -0.3 is 10.1 Å². The van der Waals surface area contributed by atoms with Gasteiger partial charge in [-0.05, 0) is 55.7 Å². The number of anilines is 2. The van der Waals surface area contributed by atoms with E-state index in [1.165, 1.54) is 13.2 Å². The van der Waals surface area contributed by atoms with Crippen molar-refractivity contribution in [3.05, 3.63) is 52.5 Å². The molecule has 0 spiro atoms. The number of ether oxygens (including phenoxy) is 1. The van der Waals surface area contributed by atoms with E-state index in [1.54, 1.807) is 19.1 Å². The predicted octanol–water partition coefficient (Wildman–Crippen LogP) is 4.15. The molecule has 0 fully saturated rings. The highest BCUT2D eigenvalue weighted by molar-refractivity contribution is 7.92. The lowest BCUT2D eigenvalue weighted by molar-refractivity contribution is -0.117. The van der Waals surface area contributed by atoms with E-state index in [-0.39, 0.29) is 11.4 Å². The number of benzene rings is 2. The zero-order chi connectivity index (χ0) is 21.1. The van der Waals surface area contributed by atoms with Crippen molar-refractivity contribution in [2.24, 2.45) is 0 Å². The number of carbonyl (C=O) groups excluding carboxylic acids is 1. The third kappa shape index (κ3) is 4.97. The highest BCUT2D eigenvalue weighted by atomic mass is 35.5. The van der Waals surface area contributed by atoms with E-state index < -0.39 is 22.0 Å². The van der Waals surface area contributed by atoms with E-state index in [0.717, 1.165) is 21.7 Å². The van der Waals surface area contributed by atoms with Gasteiger partial charge in [0.25, 0.3) is 0 Å². The molecule has 2 aromatic carbocycles. The van der Waals surface area contributed by atoms with E-state index in [1.807, 2.05) is 32.0 Å². The summed E-state index contributed by atoms with van der Waals surface area (Å²) in [7, 11) is -2.27. The number of methoxy groups -OCH3 is 1. The summed E-state index contributed by atoms with van der Waals surface area (Å²) >= 11 is 6.17. The second-order valence-electron chi connectivity index (χ2n) is 6.61. The number of carbonyl (C=O) groups is 1. The van der Waals surface area contributed by atoms with Crippen LogP contribution in [0.25, 0.3) is 0 Å². The number of amides is 1. The summed E-state index contributed by atoms with van der Waals surface area (Å²) in [6.07, 6.45) is 1.35. The molecule has 0 radical (unpaired) electrons. The van der Waals surface area contributed by atoms with Gasteiger partial charge in [-0.1, -0.05) is 30.7 Å². The summed E-state index contributed by atoms with van der Waals surface area (Å²) in [5.41, 5.74) is 2.85. The maximum atomic E-state index is 13.0. The van der Waals surface area contributed by atoms with Crippen LogP contribution in [0.1, 0.15) is 24.5 Å². The minimum Gasteiger partial charge on any atom is -0.495 e. The zero-order valence-electron chi connectivity index (χ0n) is 16.6. The number of nitrogens with one attached hydrogen (secondary N) is 1. The number of halogens is 1. The molecule has 0 unspecified atom stereocenters. The van der Waals surface area contributed by atoms with Crippen molar-refractivity contribution in [2.75, 3.05) is 23.0 Å². The van der Waals surface area contributed by atoms with Gasteiger partial charge >= 0.3 is 0 Å². The number of hydrogen-bond donors (Lipinski definition) is 1. The summed E-state index contributed by atoms with van der Waals surface area (Å²) in [6, 6.07) is 9.41. The van der Waals surface area contributed by atoms with Crippen LogP contribution < -0.4 is 14.4 Å². The predicted molar refractivity (Wildman–Crippen MR) is 114 cm³/mol. The van der Waals surface area contributed by atoms with Crippen LogP contribution >= 0.6 is 11.6 Å². The van der Waals surface area contributed by atoms with Crippen LogP contribution in [0.3, 0.4) is 0 Å². The van der Waals surface area contributed by atoms with Crippen LogP contribution in [-0.4, -0.2) is 33.7 Å². The van der Waals surface area contributed by atoms with Gasteiger partial charge in [0.1, 0.15) is 11.8 Å². The van der Waals surface area contributed by atoms with E-state index in [0.29, 0.717) is 17.1 Å². The first-order valence-corrected chi connectivity index (χ1v) is 11.0. The molecule has 2 rings (SSSR count). The second kappa shape index (κ2) is 8.84. The molecule has 1 amide bonds. The lowest BCUT2D eigenvalue weighted by Crippen LogP contribution is -2.47. The average molecular weight is 425 g/mol. The van der Waals surface area contributed by atoms with Gasteiger partial charge in [0.05, 0.1) is 24.1 Å². The van der Waals surface area contributed by atoms with Crippen molar-refractivity contribution in [1.82, 2.24) is 0 Å².